The molecule has 8 heteroatoms. The highest BCUT2D eigenvalue weighted by molar-refractivity contribution is 5.95. The van der Waals surface area contributed by atoms with E-state index in [0.29, 0.717) is 5.56 Å². The van der Waals surface area contributed by atoms with E-state index in [1.807, 2.05) is 6.07 Å². The predicted octanol–water partition coefficient (Wildman–Crippen LogP) is 4.08. The zero-order valence-electron chi connectivity index (χ0n) is 14.8. The molecule has 28 heavy (non-hydrogen) atoms. The van der Waals surface area contributed by atoms with E-state index < -0.39 is 29.8 Å². The third-order valence-electron chi connectivity index (χ3n) is 4.27. The fourth-order valence-electron chi connectivity index (χ4n) is 2.88. The molecule has 5 nitrogen and oxygen atoms in total. The fraction of sp³-hybridized carbons (Fsp3) is 0.200. The number of allylic oxidation sites excluding steroid dienone is 1. The zero-order chi connectivity index (χ0) is 20.3. The molecule has 146 valence electrons. The number of amides is 2. The van der Waals surface area contributed by atoms with Crippen LogP contribution in [0, 0.1) is 0 Å². The van der Waals surface area contributed by atoms with Crippen molar-refractivity contribution < 1.29 is 27.5 Å². The van der Waals surface area contributed by atoms with E-state index in [1.54, 1.807) is 24.3 Å². The second kappa shape index (κ2) is 7.75. The van der Waals surface area contributed by atoms with Gasteiger partial charge in [0.25, 0.3) is 0 Å². The number of esters is 1. The molecule has 2 N–H and O–H groups in total. The Balaban J connectivity index is 1.85. The first kappa shape index (κ1) is 19.5. The molecule has 1 atom stereocenters. The molecule has 0 aromatic heterocycles. The van der Waals surface area contributed by atoms with Crippen molar-refractivity contribution in [2.24, 2.45) is 0 Å². The average Bonchev–Trinajstić information content (AvgIpc) is 2.66. The molecular formula is C20H17F3N2O3. The van der Waals surface area contributed by atoms with Crippen LogP contribution in [-0.4, -0.2) is 12.0 Å². The fourth-order valence-corrected chi connectivity index (χ4v) is 2.88. The Morgan fingerprint density at radius 1 is 1.07 bits per heavy atom. The number of rotatable bonds is 4. The molecule has 0 saturated carbocycles. The number of alkyl halides is 3. The Morgan fingerprint density at radius 3 is 2.32 bits per heavy atom. The Bertz CT molecular complexity index is 907. The maximum atomic E-state index is 12.8. The normalized spacial score (nSPS) is 17.0. The van der Waals surface area contributed by atoms with Gasteiger partial charge in [-0.2, -0.15) is 13.2 Å². The lowest BCUT2D eigenvalue weighted by molar-refractivity contribution is -0.141. The molecule has 1 aliphatic rings. The topological polar surface area (TPSA) is 67.4 Å². The first-order valence-electron chi connectivity index (χ1n) is 8.42. The van der Waals surface area contributed by atoms with Crippen molar-refractivity contribution in [1.82, 2.24) is 10.6 Å². The van der Waals surface area contributed by atoms with E-state index in [-0.39, 0.29) is 17.9 Å². The van der Waals surface area contributed by atoms with Crippen LogP contribution in [0.1, 0.15) is 29.7 Å². The Labute approximate surface area is 159 Å². The molecule has 2 aromatic carbocycles. The molecule has 0 saturated heterocycles. The largest absolute Gasteiger partial charge is 0.457 e. The van der Waals surface area contributed by atoms with Crippen molar-refractivity contribution in [3.05, 3.63) is 82.6 Å². The van der Waals surface area contributed by atoms with Gasteiger partial charge in [-0.15, -0.1) is 0 Å². The average molecular weight is 390 g/mol. The van der Waals surface area contributed by atoms with Gasteiger partial charge in [0, 0.05) is 5.70 Å². The second-order valence-corrected chi connectivity index (χ2v) is 6.25. The van der Waals surface area contributed by atoms with Gasteiger partial charge in [-0.1, -0.05) is 42.5 Å². The molecule has 1 aliphatic heterocycles. The summed E-state index contributed by atoms with van der Waals surface area (Å²) in [4.78, 5) is 24.5. The summed E-state index contributed by atoms with van der Waals surface area (Å²) < 4.78 is 43.7. The first-order chi connectivity index (χ1) is 13.3. The van der Waals surface area contributed by atoms with Crippen LogP contribution in [0.25, 0.3) is 0 Å². The number of carbonyl (C=O) groups excluding carboxylic acids is 2. The van der Waals surface area contributed by atoms with Crippen LogP contribution in [0.4, 0.5) is 18.0 Å². The monoisotopic (exact) mass is 390 g/mol. The van der Waals surface area contributed by atoms with Crippen LogP contribution in [0.3, 0.4) is 0 Å². The zero-order valence-corrected chi connectivity index (χ0v) is 14.8. The smallest absolute Gasteiger partial charge is 0.416 e. The molecule has 0 aliphatic carbocycles. The summed E-state index contributed by atoms with van der Waals surface area (Å²) in [6.45, 7) is 1.57. The first-order valence-corrected chi connectivity index (χ1v) is 8.42. The standard InChI is InChI=1S/C20H17F3N2O3/c1-12-16(18(26)28-11-13-5-3-2-4-6-13)17(25-19(27)24-12)14-7-9-15(10-8-14)20(21,22)23/h2-10,17H,11H2,1H3,(H2,24,25,27). The van der Waals surface area contributed by atoms with Crippen molar-refractivity contribution in [2.45, 2.75) is 25.7 Å². The predicted molar refractivity (Wildman–Crippen MR) is 94.8 cm³/mol. The molecule has 0 spiro atoms. The molecular weight excluding hydrogens is 373 g/mol. The maximum Gasteiger partial charge on any atom is 0.416 e. The van der Waals surface area contributed by atoms with Gasteiger partial charge in [0.05, 0.1) is 17.2 Å². The summed E-state index contributed by atoms with van der Waals surface area (Å²) in [7, 11) is 0. The van der Waals surface area contributed by atoms with E-state index in [4.69, 9.17) is 4.74 Å². The minimum Gasteiger partial charge on any atom is -0.457 e. The molecule has 2 aromatic rings. The summed E-state index contributed by atoms with van der Waals surface area (Å²) in [6, 6.07) is 11.8. The lowest BCUT2D eigenvalue weighted by Gasteiger charge is -2.28. The summed E-state index contributed by atoms with van der Waals surface area (Å²) in [5.74, 6) is -0.668. The van der Waals surface area contributed by atoms with Crippen LogP contribution in [-0.2, 0) is 22.3 Å². The van der Waals surface area contributed by atoms with Crippen molar-refractivity contribution in [3.8, 4) is 0 Å². The van der Waals surface area contributed by atoms with Crippen molar-refractivity contribution in [2.75, 3.05) is 0 Å². The molecule has 3 rings (SSSR count). The maximum absolute atomic E-state index is 12.8. The van der Waals surface area contributed by atoms with Crippen molar-refractivity contribution >= 4 is 12.0 Å². The number of carbonyl (C=O) groups is 2. The quantitative estimate of drug-likeness (QED) is 0.774. The molecule has 0 fully saturated rings. The van der Waals surface area contributed by atoms with E-state index in [1.165, 1.54) is 19.1 Å². The van der Waals surface area contributed by atoms with E-state index in [2.05, 4.69) is 10.6 Å². The Hall–Kier alpha value is -3.29. The molecule has 0 radical (unpaired) electrons. The third-order valence-corrected chi connectivity index (χ3v) is 4.27. The molecule has 1 heterocycles. The minimum atomic E-state index is -4.47. The van der Waals surface area contributed by atoms with Crippen molar-refractivity contribution in [1.29, 1.82) is 0 Å². The second-order valence-electron chi connectivity index (χ2n) is 6.25. The summed E-state index contributed by atoms with van der Waals surface area (Å²) >= 11 is 0. The summed E-state index contributed by atoms with van der Waals surface area (Å²) in [6.07, 6.45) is -4.47. The number of ether oxygens (including phenoxy) is 1. The third kappa shape index (κ3) is 4.33. The van der Waals surface area contributed by atoms with Gasteiger partial charge in [-0.25, -0.2) is 9.59 Å². The van der Waals surface area contributed by atoms with E-state index in [9.17, 15) is 22.8 Å². The molecule has 1 unspecified atom stereocenters. The summed E-state index contributed by atoms with van der Waals surface area (Å²) in [5, 5.41) is 5.05. The molecule has 0 bridgehead atoms. The number of urea groups is 1. The van der Waals surface area contributed by atoms with Crippen LogP contribution in [0.2, 0.25) is 0 Å². The lowest BCUT2D eigenvalue weighted by atomic mass is 9.95. The van der Waals surface area contributed by atoms with Gasteiger partial charge in [0.2, 0.25) is 0 Å². The van der Waals surface area contributed by atoms with Gasteiger partial charge >= 0.3 is 18.2 Å². The number of hydrogen-bond donors (Lipinski definition) is 2. The van der Waals surface area contributed by atoms with E-state index in [0.717, 1.165) is 17.7 Å². The highest BCUT2D eigenvalue weighted by atomic mass is 19.4. The van der Waals surface area contributed by atoms with Crippen molar-refractivity contribution in [3.63, 3.8) is 0 Å². The van der Waals surface area contributed by atoms with Gasteiger partial charge in [0.15, 0.2) is 0 Å². The highest BCUT2D eigenvalue weighted by Gasteiger charge is 2.34. The Kier molecular flexibility index (Phi) is 5.39. The molecule has 2 amide bonds. The number of hydrogen-bond acceptors (Lipinski definition) is 3. The van der Waals surface area contributed by atoms with Crippen LogP contribution >= 0.6 is 0 Å². The van der Waals surface area contributed by atoms with Gasteiger partial charge in [-0.05, 0) is 30.2 Å². The number of benzene rings is 2. The van der Waals surface area contributed by atoms with E-state index >= 15 is 0 Å². The number of halogens is 3. The van der Waals surface area contributed by atoms with Gasteiger partial charge < -0.3 is 15.4 Å². The Morgan fingerprint density at radius 2 is 1.71 bits per heavy atom. The SMILES string of the molecule is CC1=C(C(=O)OCc2ccccc2)C(c2ccc(C(F)(F)F)cc2)NC(=O)N1. The van der Waals surface area contributed by atoms with Gasteiger partial charge in [0.1, 0.15) is 6.61 Å². The van der Waals surface area contributed by atoms with Crippen LogP contribution < -0.4 is 10.6 Å². The minimum absolute atomic E-state index is 0.0319. The summed E-state index contributed by atoms with van der Waals surface area (Å²) in [5.41, 5.74) is 0.731. The lowest BCUT2D eigenvalue weighted by Crippen LogP contribution is -2.45. The highest BCUT2D eigenvalue weighted by Crippen LogP contribution is 2.32. The number of nitrogens with one attached hydrogen (secondary N) is 2. The van der Waals surface area contributed by atoms with Crippen LogP contribution in [0.15, 0.2) is 65.9 Å². The van der Waals surface area contributed by atoms with Crippen LogP contribution in [0.5, 0.6) is 0 Å². The van der Waals surface area contributed by atoms with Gasteiger partial charge in [-0.3, -0.25) is 0 Å².